The Balaban J connectivity index is 1.82. The maximum absolute atomic E-state index is 11.8. The number of aromatic nitrogens is 3. The Morgan fingerprint density at radius 3 is 2.77 bits per heavy atom. The molecule has 4 heterocycles. The summed E-state index contributed by atoms with van der Waals surface area (Å²) in [6, 6.07) is 5.78. The van der Waals surface area contributed by atoms with Crippen LogP contribution in [0.15, 0.2) is 35.1 Å². The normalized spacial score (nSPS) is 15.7. The van der Waals surface area contributed by atoms with Crippen molar-refractivity contribution in [3.63, 3.8) is 0 Å². The van der Waals surface area contributed by atoms with Crippen molar-refractivity contribution in [3.8, 4) is 0 Å². The Labute approximate surface area is 177 Å². The summed E-state index contributed by atoms with van der Waals surface area (Å²) in [5.41, 5.74) is 2.94. The van der Waals surface area contributed by atoms with Crippen molar-refractivity contribution >= 4 is 17.3 Å². The van der Waals surface area contributed by atoms with Gasteiger partial charge in [0.1, 0.15) is 11.6 Å². The molecule has 0 radical (unpaired) electrons. The van der Waals surface area contributed by atoms with Gasteiger partial charge in [-0.3, -0.25) is 4.68 Å². The van der Waals surface area contributed by atoms with Gasteiger partial charge in [-0.2, -0.15) is 5.10 Å². The molecular formula is C23H31N5O2. The fourth-order valence-corrected chi connectivity index (χ4v) is 4.57. The van der Waals surface area contributed by atoms with Gasteiger partial charge in [0.05, 0.1) is 23.8 Å². The molecule has 7 nitrogen and oxygen atoms in total. The first-order chi connectivity index (χ1) is 14.4. The fourth-order valence-electron chi connectivity index (χ4n) is 4.57. The summed E-state index contributed by atoms with van der Waals surface area (Å²) in [5.74, 6) is 2.41. The van der Waals surface area contributed by atoms with Gasteiger partial charge in [0.2, 0.25) is 0 Å². The number of aryl methyl sites for hydroxylation is 2. The quantitative estimate of drug-likeness (QED) is 0.666. The highest BCUT2D eigenvalue weighted by Gasteiger charge is 2.41. The van der Waals surface area contributed by atoms with Gasteiger partial charge in [-0.25, -0.2) is 4.98 Å². The number of nitrogens with zero attached hydrogens (tertiary/aromatic N) is 5. The van der Waals surface area contributed by atoms with Crippen molar-refractivity contribution in [1.82, 2.24) is 14.8 Å². The maximum Gasteiger partial charge on any atom is 0.164 e. The molecule has 0 saturated carbocycles. The Bertz CT molecular complexity index is 1020. The van der Waals surface area contributed by atoms with Gasteiger partial charge in [0, 0.05) is 33.3 Å². The molecule has 0 amide bonds. The Morgan fingerprint density at radius 2 is 2.13 bits per heavy atom. The van der Waals surface area contributed by atoms with Gasteiger partial charge in [0.25, 0.3) is 0 Å². The number of anilines is 3. The first kappa shape index (κ1) is 20.5. The van der Waals surface area contributed by atoms with Crippen LogP contribution in [0.3, 0.4) is 0 Å². The molecule has 1 aliphatic heterocycles. The van der Waals surface area contributed by atoms with E-state index in [4.69, 9.17) is 9.52 Å². The minimum absolute atomic E-state index is 0.570. The van der Waals surface area contributed by atoms with Crippen molar-refractivity contribution in [3.05, 3.63) is 53.2 Å². The Kier molecular flexibility index (Phi) is 5.32. The fraction of sp³-hybridized carbons (Fsp3) is 0.478. The third-order valence-corrected chi connectivity index (χ3v) is 5.94. The van der Waals surface area contributed by atoms with Crippen molar-refractivity contribution in [2.24, 2.45) is 7.05 Å². The van der Waals surface area contributed by atoms with Crippen molar-refractivity contribution in [2.75, 3.05) is 30.4 Å². The molecular weight excluding hydrogens is 378 g/mol. The molecule has 3 aromatic heterocycles. The number of hydrogen-bond donors (Lipinski definition) is 1. The van der Waals surface area contributed by atoms with E-state index in [1.807, 2.05) is 49.1 Å². The van der Waals surface area contributed by atoms with Crippen LogP contribution in [-0.2, 0) is 19.1 Å². The van der Waals surface area contributed by atoms with Crippen LogP contribution in [0.25, 0.3) is 0 Å². The second-order valence-electron chi connectivity index (χ2n) is 8.34. The van der Waals surface area contributed by atoms with E-state index in [-0.39, 0.29) is 0 Å². The molecule has 0 saturated heterocycles. The van der Waals surface area contributed by atoms with Gasteiger partial charge in [0.15, 0.2) is 11.4 Å². The lowest BCUT2D eigenvalue weighted by molar-refractivity contribution is 0.0381. The van der Waals surface area contributed by atoms with Gasteiger partial charge in [-0.15, -0.1) is 0 Å². The summed E-state index contributed by atoms with van der Waals surface area (Å²) < 4.78 is 7.50. The lowest BCUT2D eigenvalue weighted by atomic mass is 9.86. The summed E-state index contributed by atoms with van der Waals surface area (Å²) in [5, 5.41) is 16.7. The Hall–Kier alpha value is -2.80. The molecule has 1 atom stereocenters. The number of rotatable bonds is 6. The number of pyridine rings is 1. The van der Waals surface area contributed by atoms with E-state index >= 15 is 0 Å². The third kappa shape index (κ3) is 3.27. The van der Waals surface area contributed by atoms with E-state index in [9.17, 15) is 5.11 Å². The van der Waals surface area contributed by atoms with Gasteiger partial charge >= 0.3 is 0 Å². The molecule has 1 aliphatic rings. The smallest absolute Gasteiger partial charge is 0.164 e. The van der Waals surface area contributed by atoms with Gasteiger partial charge < -0.3 is 19.3 Å². The van der Waals surface area contributed by atoms with E-state index in [2.05, 4.69) is 29.8 Å². The molecule has 0 bridgehead atoms. The third-order valence-electron chi connectivity index (χ3n) is 5.94. The zero-order valence-electron chi connectivity index (χ0n) is 18.5. The highest BCUT2D eigenvalue weighted by molar-refractivity contribution is 5.69. The molecule has 3 aromatic rings. The maximum atomic E-state index is 11.8. The number of fused-ring (bicyclic) bond motifs is 1. The minimum atomic E-state index is -1.20. The summed E-state index contributed by atoms with van der Waals surface area (Å²) in [4.78, 5) is 8.86. The molecule has 1 unspecified atom stereocenters. The first-order valence-electron chi connectivity index (χ1n) is 10.6. The summed E-state index contributed by atoms with van der Waals surface area (Å²) >= 11 is 0. The van der Waals surface area contributed by atoms with Crippen molar-refractivity contribution < 1.29 is 9.52 Å². The second-order valence-corrected chi connectivity index (χ2v) is 8.34. The predicted molar refractivity (Wildman–Crippen MR) is 118 cm³/mol. The lowest BCUT2D eigenvalue weighted by Gasteiger charge is -2.31. The zero-order chi connectivity index (χ0) is 21.5. The van der Waals surface area contributed by atoms with Crippen LogP contribution < -0.4 is 9.80 Å². The number of hydrogen-bond acceptors (Lipinski definition) is 6. The molecule has 0 spiro atoms. The van der Waals surface area contributed by atoms with Crippen molar-refractivity contribution in [2.45, 2.75) is 45.1 Å². The predicted octanol–water partition coefficient (Wildman–Crippen LogP) is 3.90. The highest BCUT2D eigenvalue weighted by atomic mass is 16.4. The number of furan rings is 1. The van der Waals surface area contributed by atoms with Crippen LogP contribution in [0.5, 0.6) is 0 Å². The van der Waals surface area contributed by atoms with Crippen LogP contribution in [-0.4, -0.2) is 40.5 Å². The molecule has 7 heteroatoms. The molecule has 0 aliphatic carbocycles. The van der Waals surface area contributed by atoms with Crippen LogP contribution in [0, 0.1) is 6.92 Å². The SMILES string of the molecule is CCCC(O)(c1ccco1)c1c2c(nn1C)N(c1cnc(N(C)C)cc1C)CCC2. The average Bonchev–Trinajstić information content (AvgIpc) is 3.35. The van der Waals surface area contributed by atoms with E-state index in [0.717, 1.165) is 60.0 Å². The lowest BCUT2D eigenvalue weighted by Crippen LogP contribution is -2.32. The summed E-state index contributed by atoms with van der Waals surface area (Å²) in [7, 11) is 5.90. The van der Waals surface area contributed by atoms with E-state index in [1.165, 1.54) is 0 Å². The average molecular weight is 410 g/mol. The monoisotopic (exact) mass is 409 g/mol. The van der Waals surface area contributed by atoms with Crippen LogP contribution in [0.1, 0.15) is 48.8 Å². The molecule has 0 fully saturated rings. The van der Waals surface area contributed by atoms with Crippen LogP contribution in [0.2, 0.25) is 0 Å². The number of aliphatic hydroxyl groups is 1. The standard InChI is InChI=1S/C23H31N5O2/c1-6-11-23(29,19-10-8-13-30-19)21-17-9-7-12-28(22(17)25-27(21)5)18-15-24-20(26(3)4)14-16(18)2/h8,10,13-15,29H,6-7,9,11-12H2,1-5H3. The first-order valence-corrected chi connectivity index (χ1v) is 10.6. The Morgan fingerprint density at radius 1 is 1.33 bits per heavy atom. The molecule has 4 rings (SSSR count). The van der Waals surface area contributed by atoms with Crippen LogP contribution in [0.4, 0.5) is 17.3 Å². The van der Waals surface area contributed by atoms with Crippen molar-refractivity contribution in [1.29, 1.82) is 0 Å². The highest BCUT2D eigenvalue weighted by Crippen LogP contribution is 2.43. The van der Waals surface area contributed by atoms with E-state index in [0.29, 0.717) is 12.2 Å². The molecule has 160 valence electrons. The topological polar surface area (TPSA) is 70.6 Å². The van der Waals surface area contributed by atoms with Crippen LogP contribution >= 0.6 is 0 Å². The summed E-state index contributed by atoms with van der Waals surface area (Å²) in [6.45, 7) is 5.06. The van der Waals surface area contributed by atoms with E-state index in [1.54, 1.807) is 6.26 Å². The van der Waals surface area contributed by atoms with Gasteiger partial charge in [-0.05, 0) is 49.9 Å². The molecule has 1 N–H and O–H groups in total. The van der Waals surface area contributed by atoms with Gasteiger partial charge in [-0.1, -0.05) is 13.3 Å². The molecule has 30 heavy (non-hydrogen) atoms. The molecule has 0 aromatic carbocycles. The largest absolute Gasteiger partial charge is 0.466 e. The minimum Gasteiger partial charge on any atom is -0.466 e. The summed E-state index contributed by atoms with van der Waals surface area (Å²) in [6.07, 6.45) is 6.82. The second kappa shape index (κ2) is 7.80. The zero-order valence-corrected chi connectivity index (χ0v) is 18.5. The van der Waals surface area contributed by atoms with E-state index < -0.39 is 5.60 Å².